The van der Waals surface area contributed by atoms with Crippen LogP contribution in [0.3, 0.4) is 0 Å². The molecule has 1 atom stereocenters. The molecule has 1 rings (SSSR count). The molecule has 0 radical (unpaired) electrons. The molecule has 0 aliphatic rings. The summed E-state index contributed by atoms with van der Waals surface area (Å²) in [4.78, 5) is 10.6. The lowest BCUT2D eigenvalue weighted by Gasteiger charge is -2.19. The Bertz CT molecular complexity index is 612. The molecule has 22 heavy (non-hydrogen) atoms. The van der Waals surface area contributed by atoms with Crippen molar-refractivity contribution in [3.05, 3.63) is 35.1 Å². The predicted molar refractivity (Wildman–Crippen MR) is 78.0 cm³/mol. The van der Waals surface area contributed by atoms with Crippen LogP contribution in [0.4, 0.5) is 13.2 Å². The van der Waals surface area contributed by atoms with E-state index in [0.29, 0.717) is 6.07 Å². The van der Waals surface area contributed by atoms with E-state index in [1.54, 1.807) is 20.8 Å². The van der Waals surface area contributed by atoms with Gasteiger partial charge in [0.2, 0.25) is 0 Å². The second-order valence-corrected chi connectivity index (χ2v) is 7.52. The van der Waals surface area contributed by atoms with Crippen molar-refractivity contribution < 1.29 is 27.6 Å². The van der Waals surface area contributed by atoms with Crippen LogP contribution in [0, 0.1) is 5.82 Å². The maximum Gasteiger partial charge on any atom is 0.379 e. The Morgan fingerprint density at radius 3 is 2.32 bits per heavy atom. The number of carboxylic acids is 1. The van der Waals surface area contributed by atoms with Gasteiger partial charge in [-0.05, 0) is 39.8 Å². The molecule has 1 aromatic rings. The first-order valence-electron chi connectivity index (χ1n) is 6.26. The Morgan fingerprint density at radius 1 is 1.32 bits per heavy atom. The quantitative estimate of drug-likeness (QED) is 0.678. The van der Waals surface area contributed by atoms with Crippen molar-refractivity contribution in [3.63, 3.8) is 0 Å². The largest absolute Gasteiger partial charge is 0.591 e. The molecule has 0 saturated heterocycles. The van der Waals surface area contributed by atoms with Crippen LogP contribution in [0.25, 0.3) is 0 Å². The van der Waals surface area contributed by atoms with E-state index in [1.165, 1.54) is 13.0 Å². The molecule has 1 N–H and O–H groups in total. The maximum atomic E-state index is 13.5. The minimum Gasteiger partial charge on any atom is -0.591 e. The Kier molecular flexibility index (Phi) is 5.30. The number of benzene rings is 1. The van der Waals surface area contributed by atoms with Crippen molar-refractivity contribution in [1.29, 1.82) is 0 Å². The molecule has 0 fully saturated rings. The van der Waals surface area contributed by atoms with Crippen LogP contribution in [0.1, 0.15) is 38.8 Å². The van der Waals surface area contributed by atoms with Crippen LogP contribution in [-0.2, 0) is 22.1 Å². The van der Waals surface area contributed by atoms with E-state index < -0.39 is 39.4 Å². The van der Waals surface area contributed by atoms with Crippen molar-refractivity contribution in [2.75, 3.05) is 0 Å². The van der Waals surface area contributed by atoms with Crippen molar-refractivity contribution in [2.24, 2.45) is 4.40 Å². The second-order valence-electron chi connectivity index (χ2n) is 5.61. The summed E-state index contributed by atoms with van der Waals surface area (Å²) in [6, 6.07) is 2.62. The van der Waals surface area contributed by atoms with Gasteiger partial charge in [-0.15, -0.1) is 0 Å². The minimum absolute atomic E-state index is 0.0786. The number of hydrogen-bond donors (Lipinski definition) is 1. The highest BCUT2D eigenvalue weighted by Gasteiger charge is 2.43. The van der Waals surface area contributed by atoms with Gasteiger partial charge in [0.1, 0.15) is 21.9 Å². The van der Waals surface area contributed by atoms with Crippen LogP contribution in [0.5, 0.6) is 0 Å². The van der Waals surface area contributed by atoms with Gasteiger partial charge in [0.25, 0.3) is 0 Å². The van der Waals surface area contributed by atoms with Gasteiger partial charge in [-0.2, -0.15) is 8.78 Å². The van der Waals surface area contributed by atoms with Gasteiger partial charge < -0.3 is 9.66 Å². The lowest BCUT2D eigenvalue weighted by molar-refractivity contribution is -0.166. The summed E-state index contributed by atoms with van der Waals surface area (Å²) in [7, 11) is 0. The Labute approximate surface area is 129 Å². The topological polar surface area (TPSA) is 72.7 Å². The summed E-state index contributed by atoms with van der Waals surface area (Å²) >= 11 is -1.62. The molecule has 0 aromatic heterocycles. The summed E-state index contributed by atoms with van der Waals surface area (Å²) in [5.41, 5.74) is -1.03. The lowest BCUT2D eigenvalue weighted by Crippen LogP contribution is -2.28. The summed E-state index contributed by atoms with van der Waals surface area (Å²) in [5, 5.41) is 8.51. The van der Waals surface area contributed by atoms with E-state index in [4.69, 9.17) is 5.11 Å². The number of aliphatic carboxylic acids is 1. The predicted octanol–water partition coefficient (Wildman–Crippen LogP) is 3.27. The molecule has 8 heteroatoms. The highest BCUT2D eigenvalue weighted by molar-refractivity contribution is 7.91. The van der Waals surface area contributed by atoms with E-state index in [0.717, 1.165) is 6.07 Å². The van der Waals surface area contributed by atoms with Crippen LogP contribution in [-0.4, -0.2) is 26.1 Å². The highest BCUT2D eigenvalue weighted by atomic mass is 32.2. The van der Waals surface area contributed by atoms with E-state index >= 15 is 0 Å². The zero-order valence-electron chi connectivity index (χ0n) is 12.5. The number of halogens is 3. The molecular weight excluding hydrogens is 319 g/mol. The molecule has 0 bridgehead atoms. The molecule has 0 heterocycles. The zero-order valence-corrected chi connectivity index (χ0v) is 13.3. The van der Waals surface area contributed by atoms with Crippen LogP contribution in [0.2, 0.25) is 0 Å². The number of nitrogens with zero attached hydrogens (tertiary/aromatic N) is 1. The monoisotopic (exact) mass is 335 g/mol. The van der Waals surface area contributed by atoms with Crippen molar-refractivity contribution in [2.45, 2.75) is 38.4 Å². The molecular formula is C14H16F3NO3S. The van der Waals surface area contributed by atoms with E-state index in [2.05, 4.69) is 4.40 Å². The normalized spacial score (nSPS) is 14.8. The SMILES string of the molecule is CC(=N[S@+]([O-])C(C)(C)C)c1ccc(F)c(C(F)(F)C(=O)O)c1. The van der Waals surface area contributed by atoms with Gasteiger partial charge in [0.05, 0.1) is 11.3 Å². The number of rotatable bonds is 4. The molecule has 0 amide bonds. The Morgan fingerprint density at radius 2 is 1.86 bits per heavy atom. The average molecular weight is 335 g/mol. The first-order valence-corrected chi connectivity index (χ1v) is 7.37. The van der Waals surface area contributed by atoms with Gasteiger partial charge in [-0.3, -0.25) is 0 Å². The summed E-state index contributed by atoms with van der Waals surface area (Å²) in [5.74, 6) is -8.14. The Hall–Kier alpha value is -1.54. The van der Waals surface area contributed by atoms with Crippen molar-refractivity contribution >= 4 is 23.0 Å². The smallest absolute Gasteiger partial charge is 0.379 e. The van der Waals surface area contributed by atoms with E-state index in [1.807, 2.05) is 0 Å². The maximum absolute atomic E-state index is 13.5. The third-order valence-electron chi connectivity index (χ3n) is 2.73. The van der Waals surface area contributed by atoms with Gasteiger partial charge in [0.15, 0.2) is 0 Å². The highest BCUT2D eigenvalue weighted by Crippen LogP contribution is 2.31. The van der Waals surface area contributed by atoms with E-state index in [-0.39, 0.29) is 11.3 Å². The first kappa shape index (κ1) is 18.5. The van der Waals surface area contributed by atoms with Crippen LogP contribution < -0.4 is 0 Å². The lowest BCUT2D eigenvalue weighted by atomic mass is 10.0. The fourth-order valence-corrected chi connectivity index (χ4v) is 2.05. The fourth-order valence-electron chi connectivity index (χ4n) is 1.42. The minimum atomic E-state index is -4.36. The summed E-state index contributed by atoms with van der Waals surface area (Å²) in [6.07, 6.45) is 0. The summed E-state index contributed by atoms with van der Waals surface area (Å²) in [6.45, 7) is 6.50. The average Bonchev–Trinajstić information content (AvgIpc) is 2.37. The summed E-state index contributed by atoms with van der Waals surface area (Å²) < 4.78 is 55.6. The van der Waals surface area contributed by atoms with Crippen LogP contribution >= 0.6 is 0 Å². The van der Waals surface area contributed by atoms with Gasteiger partial charge >= 0.3 is 11.9 Å². The second kappa shape index (κ2) is 6.29. The van der Waals surface area contributed by atoms with Gasteiger partial charge in [-0.1, -0.05) is 10.5 Å². The molecule has 122 valence electrons. The molecule has 0 spiro atoms. The van der Waals surface area contributed by atoms with Gasteiger partial charge in [0, 0.05) is 5.56 Å². The third kappa shape index (κ3) is 4.01. The third-order valence-corrected chi connectivity index (χ3v) is 4.22. The number of hydrogen-bond acceptors (Lipinski definition) is 3. The first-order chi connectivity index (χ1) is 9.87. The number of carboxylic acid groups (broad SMARTS) is 1. The van der Waals surface area contributed by atoms with Gasteiger partial charge in [-0.25, -0.2) is 9.18 Å². The zero-order chi connectivity index (χ0) is 17.3. The molecule has 0 unspecified atom stereocenters. The van der Waals surface area contributed by atoms with Crippen LogP contribution in [0.15, 0.2) is 22.6 Å². The fraction of sp³-hybridized carbons (Fsp3) is 0.429. The Balaban J connectivity index is 3.30. The molecule has 4 nitrogen and oxygen atoms in total. The molecule has 1 aromatic carbocycles. The van der Waals surface area contributed by atoms with E-state index in [9.17, 15) is 22.5 Å². The van der Waals surface area contributed by atoms with Crippen molar-refractivity contribution in [3.8, 4) is 0 Å². The standard InChI is InChI=1S/C14H16F3NO3S/c1-8(18-22(21)13(2,3)4)9-5-6-11(15)10(7-9)14(16,17)12(19)20/h5-7H,1-4H3,(H,19,20)/t22-/m1/s1. The molecule has 0 aliphatic carbocycles. The molecule has 0 aliphatic heterocycles. The van der Waals surface area contributed by atoms with Crippen molar-refractivity contribution in [1.82, 2.24) is 0 Å². The molecule has 0 saturated carbocycles. The number of carbonyl (C=O) groups is 1. The number of alkyl halides is 2.